The Bertz CT molecular complexity index is 707. The normalized spacial score (nSPS) is 24.8. The molecule has 0 aromatic heterocycles. The largest absolute Gasteiger partial charge is 0.495 e. The van der Waals surface area contributed by atoms with Crippen LogP contribution in [0.2, 0.25) is 0 Å². The van der Waals surface area contributed by atoms with E-state index >= 15 is 0 Å². The van der Waals surface area contributed by atoms with Gasteiger partial charge >= 0.3 is 0 Å². The average molecular weight is 305 g/mol. The predicted octanol–water partition coefficient (Wildman–Crippen LogP) is 4.99. The van der Waals surface area contributed by atoms with E-state index in [0.29, 0.717) is 0 Å². The molecule has 2 heteroatoms. The van der Waals surface area contributed by atoms with Crippen molar-refractivity contribution in [1.29, 1.82) is 0 Å². The van der Waals surface area contributed by atoms with Gasteiger partial charge < -0.3 is 10.1 Å². The lowest BCUT2D eigenvalue weighted by Crippen LogP contribution is -2.18. The highest BCUT2D eigenvalue weighted by molar-refractivity contribution is 5.72. The number of benzene rings is 2. The van der Waals surface area contributed by atoms with E-state index in [1.165, 1.54) is 24.0 Å². The Kier molecular flexibility index (Phi) is 3.82. The second-order valence-corrected chi connectivity index (χ2v) is 6.70. The fourth-order valence-corrected chi connectivity index (χ4v) is 4.03. The van der Waals surface area contributed by atoms with Gasteiger partial charge in [0, 0.05) is 6.54 Å². The molecule has 0 aliphatic heterocycles. The Labute approximate surface area is 138 Å². The van der Waals surface area contributed by atoms with Crippen molar-refractivity contribution in [1.82, 2.24) is 0 Å². The van der Waals surface area contributed by atoms with E-state index in [1.807, 2.05) is 0 Å². The Balaban J connectivity index is 1.53. The molecule has 3 atom stereocenters. The van der Waals surface area contributed by atoms with Crippen LogP contribution in [-0.2, 0) is 0 Å². The highest BCUT2D eigenvalue weighted by Crippen LogP contribution is 2.43. The third kappa shape index (κ3) is 2.86. The quantitative estimate of drug-likeness (QED) is 0.786. The molecule has 4 rings (SSSR count). The average Bonchev–Trinajstić information content (AvgIpc) is 3.23. The van der Waals surface area contributed by atoms with Crippen LogP contribution in [0.3, 0.4) is 0 Å². The van der Waals surface area contributed by atoms with Gasteiger partial charge in [0.1, 0.15) is 5.75 Å². The maximum absolute atomic E-state index is 5.54. The second-order valence-electron chi connectivity index (χ2n) is 6.70. The molecule has 0 amide bonds. The van der Waals surface area contributed by atoms with Crippen LogP contribution < -0.4 is 10.1 Å². The second kappa shape index (κ2) is 6.11. The minimum Gasteiger partial charge on any atom is -0.495 e. The van der Waals surface area contributed by atoms with Crippen LogP contribution in [0.15, 0.2) is 60.7 Å². The third-order valence-electron chi connectivity index (χ3n) is 5.28. The summed E-state index contributed by atoms with van der Waals surface area (Å²) in [4.78, 5) is 0. The van der Waals surface area contributed by atoms with Crippen LogP contribution in [0.5, 0.6) is 5.75 Å². The van der Waals surface area contributed by atoms with Crippen molar-refractivity contribution < 1.29 is 4.74 Å². The number of allylic oxidation sites excluding steroid dienone is 2. The van der Waals surface area contributed by atoms with Crippen LogP contribution in [0.1, 0.15) is 12.8 Å². The molecule has 2 aromatic carbocycles. The number of anilines is 1. The molecule has 0 spiro atoms. The van der Waals surface area contributed by atoms with E-state index in [2.05, 4.69) is 66.0 Å². The van der Waals surface area contributed by atoms with Crippen molar-refractivity contribution in [3.8, 4) is 16.9 Å². The molecule has 0 heterocycles. The number of rotatable bonds is 5. The molecule has 118 valence electrons. The van der Waals surface area contributed by atoms with E-state index in [4.69, 9.17) is 4.74 Å². The van der Waals surface area contributed by atoms with Gasteiger partial charge in [0.15, 0.2) is 0 Å². The van der Waals surface area contributed by atoms with Crippen molar-refractivity contribution in [3.63, 3.8) is 0 Å². The van der Waals surface area contributed by atoms with Gasteiger partial charge in [-0.1, -0.05) is 48.6 Å². The molecule has 2 aromatic rings. The lowest BCUT2D eigenvalue weighted by atomic mass is 9.93. The van der Waals surface area contributed by atoms with Gasteiger partial charge in [-0.3, -0.25) is 0 Å². The van der Waals surface area contributed by atoms with Crippen molar-refractivity contribution in [2.24, 2.45) is 17.8 Å². The van der Waals surface area contributed by atoms with Gasteiger partial charge in [-0.05, 0) is 53.9 Å². The molecule has 1 fully saturated rings. The van der Waals surface area contributed by atoms with Gasteiger partial charge in [0.05, 0.1) is 12.8 Å². The standard InChI is InChI=1S/C21H23NO/c1-23-21-10-9-18(16-5-3-2-4-6-16)13-20(21)22-14-19-12-15-7-8-17(19)11-15/h2-10,13,15,17,19,22H,11-12,14H2,1H3/t15-,17+,19-/m0/s1. The molecule has 0 unspecified atom stereocenters. The molecule has 1 N–H and O–H groups in total. The maximum Gasteiger partial charge on any atom is 0.141 e. The zero-order chi connectivity index (χ0) is 15.6. The summed E-state index contributed by atoms with van der Waals surface area (Å²) < 4.78 is 5.54. The summed E-state index contributed by atoms with van der Waals surface area (Å²) in [7, 11) is 1.74. The van der Waals surface area contributed by atoms with Crippen LogP contribution in [0.4, 0.5) is 5.69 Å². The summed E-state index contributed by atoms with van der Waals surface area (Å²) in [6.45, 7) is 1.03. The highest BCUT2D eigenvalue weighted by Gasteiger charge is 2.35. The fourth-order valence-electron chi connectivity index (χ4n) is 4.03. The summed E-state index contributed by atoms with van der Waals surface area (Å²) in [5.41, 5.74) is 3.56. The number of ether oxygens (including phenoxy) is 1. The molecule has 0 saturated heterocycles. The van der Waals surface area contributed by atoms with Gasteiger partial charge in [-0.25, -0.2) is 0 Å². The molecule has 1 saturated carbocycles. The first-order chi connectivity index (χ1) is 11.3. The van der Waals surface area contributed by atoms with Crippen molar-refractivity contribution in [2.75, 3.05) is 19.0 Å². The summed E-state index contributed by atoms with van der Waals surface area (Å²) in [5, 5.41) is 3.64. The summed E-state index contributed by atoms with van der Waals surface area (Å²) in [6.07, 6.45) is 7.50. The zero-order valence-electron chi connectivity index (χ0n) is 13.5. The zero-order valence-corrected chi connectivity index (χ0v) is 13.5. The first-order valence-corrected chi connectivity index (χ1v) is 8.49. The molecule has 2 bridgehead atoms. The summed E-state index contributed by atoms with van der Waals surface area (Å²) in [5.74, 6) is 3.28. The van der Waals surface area contributed by atoms with E-state index in [0.717, 1.165) is 35.7 Å². The van der Waals surface area contributed by atoms with Crippen molar-refractivity contribution in [3.05, 3.63) is 60.7 Å². The maximum atomic E-state index is 5.54. The van der Waals surface area contributed by atoms with Gasteiger partial charge in [0.2, 0.25) is 0 Å². The SMILES string of the molecule is COc1ccc(-c2ccccc2)cc1NC[C@@H]1C[C@H]2C=C[C@@H]1C2. The Morgan fingerprint density at radius 2 is 1.87 bits per heavy atom. The minimum absolute atomic E-state index is 0.759. The smallest absolute Gasteiger partial charge is 0.141 e. The topological polar surface area (TPSA) is 21.3 Å². The summed E-state index contributed by atoms with van der Waals surface area (Å²) >= 11 is 0. The Morgan fingerprint density at radius 1 is 1.00 bits per heavy atom. The molecule has 23 heavy (non-hydrogen) atoms. The Hall–Kier alpha value is -2.22. The number of fused-ring (bicyclic) bond motifs is 2. The fraction of sp³-hybridized carbons (Fsp3) is 0.333. The molecular weight excluding hydrogens is 282 g/mol. The van der Waals surface area contributed by atoms with Crippen molar-refractivity contribution >= 4 is 5.69 Å². The van der Waals surface area contributed by atoms with Gasteiger partial charge in [-0.15, -0.1) is 0 Å². The highest BCUT2D eigenvalue weighted by atomic mass is 16.5. The number of nitrogens with one attached hydrogen (secondary N) is 1. The van der Waals surface area contributed by atoms with Crippen LogP contribution in [0.25, 0.3) is 11.1 Å². The monoisotopic (exact) mass is 305 g/mol. The molecule has 2 aliphatic rings. The van der Waals surface area contributed by atoms with E-state index in [9.17, 15) is 0 Å². The van der Waals surface area contributed by atoms with Crippen LogP contribution in [0, 0.1) is 17.8 Å². The van der Waals surface area contributed by atoms with Crippen LogP contribution in [-0.4, -0.2) is 13.7 Å². The number of methoxy groups -OCH3 is 1. The number of hydrogen-bond donors (Lipinski definition) is 1. The Morgan fingerprint density at radius 3 is 2.57 bits per heavy atom. The molecule has 0 radical (unpaired) electrons. The van der Waals surface area contributed by atoms with E-state index < -0.39 is 0 Å². The predicted molar refractivity (Wildman–Crippen MR) is 95.8 cm³/mol. The summed E-state index contributed by atoms with van der Waals surface area (Å²) in [6, 6.07) is 16.9. The molecule has 2 nitrogen and oxygen atoms in total. The van der Waals surface area contributed by atoms with Gasteiger partial charge in [-0.2, -0.15) is 0 Å². The van der Waals surface area contributed by atoms with Gasteiger partial charge in [0.25, 0.3) is 0 Å². The number of hydrogen-bond acceptors (Lipinski definition) is 2. The lowest BCUT2D eigenvalue weighted by Gasteiger charge is -2.20. The van der Waals surface area contributed by atoms with E-state index in [-0.39, 0.29) is 0 Å². The third-order valence-corrected chi connectivity index (χ3v) is 5.28. The first kappa shape index (κ1) is 14.4. The van der Waals surface area contributed by atoms with Crippen molar-refractivity contribution in [2.45, 2.75) is 12.8 Å². The first-order valence-electron chi connectivity index (χ1n) is 8.49. The van der Waals surface area contributed by atoms with E-state index in [1.54, 1.807) is 7.11 Å². The molecular formula is C21H23NO. The minimum atomic E-state index is 0.759. The molecule has 2 aliphatic carbocycles. The lowest BCUT2D eigenvalue weighted by molar-refractivity contribution is 0.415. The van der Waals surface area contributed by atoms with Crippen LogP contribution >= 0.6 is 0 Å².